The molecule has 0 aliphatic carbocycles. The van der Waals surface area contributed by atoms with Gasteiger partial charge in [0.1, 0.15) is 17.7 Å². The van der Waals surface area contributed by atoms with Crippen LogP contribution in [0, 0.1) is 11.6 Å². The van der Waals surface area contributed by atoms with Crippen LogP contribution in [0.3, 0.4) is 0 Å². The number of nitrogens with zero attached hydrogens (tertiary/aromatic N) is 3. The molecule has 220 valence electrons. The summed E-state index contributed by atoms with van der Waals surface area (Å²) in [5.74, 6) is -1.07. The van der Waals surface area contributed by atoms with Crippen molar-refractivity contribution in [1.82, 2.24) is 14.3 Å². The number of nitrogens with one attached hydrogen (secondary N) is 1. The van der Waals surface area contributed by atoms with Crippen LogP contribution in [-0.4, -0.2) is 61.7 Å². The number of ether oxygens (including phenoxy) is 4. The van der Waals surface area contributed by atoms with Gasteiger partial charge in [0.15, 0.2) is 23.1 Å². The number of thioether (sulfide) groups is 1. The molecule has 0 spiro atoms. The van der Waals surface area contributed by atoms with Crippen LogP contribution in [-0.2, 0) is 25.4 Å². The number of hydrogen-bond donors (Lipinski definition) is 1. The minimum atomic E-state index is -3.81. The maximum atomic E-state index is 14.2. The molecule has 2 fully saturated rings. The van der Waals surface area contributed by atoms with E-state index in [1.165, 1.54) is 22.5 Å². The number of benzene rings is 2. The molecule has 1 aromatic heterocycles. The summed E-state index contributed by atoms with van der Waals surface area (Å²) in [4.78, 5) is 8.69. The van der Waals surface area contributed by atoms with Crippen molar-refractivity contribution in [3.8, 4) is 11.6 Å². The number of hydrogen-bond acceptors (Lipinski definition) is 9. The zero-order valence-corrected chi connectivity index (χ0v) is 24.1. The predicted molar refractivity (Wildman–Crippen MR) is 148 cm³/mol. The molecule has 0 radical (unpaired) electrons. The van der Waals surface area contributed by atoms with Crippen LogP contribution < -0.4 is 14.2 Å². The zero-order chi connectivity index (χ0) is 29.0. The Morgan fingerprint density at radius 3 is 2.66 bits per heavy atom. The van der Waals surface area contributed by atoms with Gasteiger partial charge in [-0.3, -0.25) is 4.72 Å². The van der Waals surface area contributed by atoms with Gasteiger partial charge in [-0.1, -0.05) is 36.0 Å². The van der Waals surface area contributed by atoms with Crippen LogP contribution in [0.25, 0.3) is 0 Å². The smallest absolute Gasteiger partial charge is 0.302 e. The Hall–Kier alpha value is -3.04. The van der Waals surface area contributed by atoms with E-state index < -0.39 is 34.2 Å². The van der Waals surface area contributed by atoms with Gasteiger partial charge in [-0.15, -0.1) is 0 Å². The van der Waals surface area contributed by atoms with Gasteiger partial charge < -0.3 is 18.9 Å². The molecule has 0 saturated carbocycles. The summed E-state index contributed by atoms with van der Waals surface area (Å²) < 4.78 is 80.4. The third-order valence-electron chi connectivity index (χ3n) is 6.65. The third-order valence-corrected chi connectivity index (χ3v) is 9.06. The second-order valence-corrected chi connectivity index (χ2v) is 12.1. The van der Waals surface area contributed by atoms with E-state index in [1.54, 1.807) is 7.11 Å². The SMILES string of the molecule is COc1ccc(C2OCC[C@@H]([C@@H](C)Oc3cc(NS(=O)(=O)N4CCC4)nc(SCc4cccc(F)c4F)n3)O2)cc1. The first kappa shape index (κ1) is 29.5. The topological polar surface area (TPSA) is 112 Å². The molecule has 2 aliphatic heterocycles. The van der Waals surface area contributed by atoms with E-state index in [-0.39, 0.29) is 34.3 Å². The highest BCUT2D eigenvalue weighted by Gasteiger charge is 2.31. The highest BCUT2D eigenvalue weighted by molar-refractivity contribution is 7.98. The van der Waals surface area contributed by atoms with Crippen LogP contribution in [0.1, 0.15) is 37.2 Å². The van der Waals surface area contributed by atoms with E-state index in [9.17, 15) is 17.2 Å². The van der Waals surface area contributed by atoms with Gasteiger partial charge in [0.2, 0.25) is 5.88 Å². The molecule has 2 saturated heterocycles. The van der Waals surface area contributed by atoms with E-state index in [0.29, 0.717) is 26.1 Å². The molecule has 2 aliphatic rings. The second kappa shape index (κ2) is 12.9. The molecule has 3 aromatic rings. The summed E-state index contributed by atoms with van der Waals surface area (Å²) in [6.45, 7) is 3.09. The summed E-state index contributed by atoms with van der Waals surface area (Å²) in [6.07, 6.45) is -0.104. The van der Waals surface area contributed by atoms with Gasteiger partial charge >= 0.3 is 10.2 Å². The minimum Gasteiger partial charge on any atom is -0.497 e. The number of methoxy groups -OCH3 is 1. The Kier molecular flexibility index (Phi) is 9.24. The summed E-state index contributed by atoms with van der Waals surface area (Å²) in [5.41, 5.74) is 0.955. The molecular formula is C27H30F2N4O6S2. The Labute approximate surface area is 241 Å². The highest BCUT2D eigenvalue weighted by atomic mass is 32.2. The van der Waals surface area contributed by atoms with Crippen molar-refractivity contribution in [2.75, 3.05) is 31.5 Å². The Bertz CT molecular complexity index is 1460. The molecule has 1 N–H and O–H groups in total. The van der Waals surface area contributed by atoms with E-state index in [4.69, 9.17) is 18.9 Å². The largest absolute Gasteiger partial charge is 0.497 e. The lowest BCUT2D eigenvalue weighted by Crippen LogP contribution is -2.45. The zero-order valence-electron chi connectivity index (χ0n) is 22.5. The molecule has 5 rings (SSSR count). The van der Waals surface area contributed by atoms with Crippen molar-refractivity contribution in [2.24, 2.45) is 0 Å². The predicted octanol–water partition coefficient (Wildman–Crippen LogP) is 4.69. The van der Waals surface area contributed by atoms with E-state index in [1.807, 2.05) is 31.2 Å². The number of aromatic nitrogens is 2. The van der Waals surface area contributed by atoms with Crippen molar-refractivity contribution in [3.05, 3.63) is 71.3 Å². The van der Waals surface area contributed by atoms with E-state index in [0.717, 1.165) is 35.6 Å². The lowest BCUT2D eigenvalue weighted by Gasteiger charge is -2.33. The van der Waals surface area contributed by atoms with E-state index in [2.05, 4.69) is 14.7 Å². The van der Waals surface area contributed by atoms with Crippen LogP contribution in [0.5, 0.6) is 11.6 Å². The van der Waals surface area contributed by atoms with Crippen molar-refractivity contribution in [2.45, 2.75) is 49.2 Å². The van der Waals surface area contributed by atoms with Gasteiger partial charge in [-0.2, -0.15) is 17.7 Å². The number of halogens is 2. The monoisotopic (exact) mass is 608 g/mol. The van der Waals surface area contributed by atoms with Gasteiger partial charge in [0, 0.05) is 42.5 Å². The molecule has 0 amide bonds. The summed E-state index contributed by atoms with van der Waals surface area (Å²) in [7, 11) is -2.22. The van der Waals surface area contributed by atoms with Gasteiger partial charge in [-0.25, -0.2) is 13.8 Å². The second-order valence-electron chi connectivity index (χ2n) is 9.50. The van der Waals surface area contributed by atoms with Crippen LogP contribution in [0.4, 0.5) is 14.6 Å². The summed E-state index contributed by atoms with van der Waals surface area (Å²) >= 11 is 1.02. The summed E-state index contributed by atoms with van der Waals surface area (Å²) in [5, 5.41) is 0.128. The number of rotatable bonds is 11. The fourth-order valence-corrected chi connectivity index (χ4v) is 6.27. The molecule has 41 heavy (non-hydrogen) atoms. The minimum absolute atomic E-state index is 0.000296. The molecule has 3 heterocycles. The first-order valence-electron chi connectivity index (χ1n) is 13.0. The first-order chi connectivity index (χ1) is 19.7. The van der Waals surface area contributed by atoms with Crippen LogP contribution >= 0.6 is 11.8 Å². The Morgan fingerprint density at radius 1 is 1.17 bits per heavy atom. The molecule has 3 atom stereocenters. The average Bonchev–Trinajstić information content (AvgIpc) is 2.92. The third kappa shape index (κ3) is 7.25. The quantitative estimate of drug-likeness (QED) is 0.245. The Balaban J connectivity index is 1.32. The van der Waals surface area contributed by atoms with Crippen molar-refractivity contribution >= 4 is 27.8 Å². The lowest BCUT2D eigenvalue weighted by atomic mass is 10.1. The first-order valence-corrected chi connectivity index (χ1v) is 15.4. The average molecular weight is 609 g/mol. The summed E-state index contributed by atoms with van der Waals surface area (Å²) in [6, 6.07) is 12.7. The van der Waals surface area contributed by atoms with Crippen molar-refractivity contribution in [3.63, 3.8) is 0 Å². The fraction of sp³-hybridized carbons (Fsp3) is 0.407. The van der Waals surface area contributed by atoms with E-state index >= 15 is 0 Å². The Morgan fingerprint density at radius 2 is 1.95 bits per heavy atom. The number of anilines is 1. The van der Waals surface area contributed by atoms with Crippen molar-refractivity contribution < 1.29 is 36.1 Å². The highest BCUT2D eigenvalue weighted by Crippen LogP contribution is 2.31. The standard InChI is InChI=1S/C27H30F2N4O6S2/c1-17(22-11-14-37-26(39-22)18-7-9-20(36-2)10-8-18)38-24-15-23(32-41(34,35)33-12-4-13-33)30-27(31-24)40-16-19-5-3-6-21(28)25(19)29/h3,5-10,15,17,22,26H,4,11-14,16H2,1-2H3,(H,30,31,32)/t17-,22+,26?/m1/s1. The molecular weight excluding hydrogens is 578 g/mol. The molecule has 14 heteroatoms. The molecule has 10 nitrogen and oxygen atoms in total. The molecule has 0 bridgehead atoms. The van der Waals surface area contributed by atoms with Gasteiger partial charge in [0.25, 0.3) is 0 Å². The van der Waals surface area contributed by atoms with Gasteiger partial charge in [-0.05, 0) is 31.5 Å². The van der Waals surface area contributed by atoms with Crippen LogP contribution in [0.15, 0.2) is 53.7 Å². The molecule has 2 aromatic carbocycles. The van der Waals surface area contributed by atoms with Gasteiger partial charge in [0.05, 0.1) is 19.8 Å². The maximum Gasteiger partial charge on any atom is 0.302 e. The normalized spacial score (nSPS) is 20.2. The maximum absolute atomic E-state index is 14.2. The lowest BCUT2D eigenvalue weighted by molar-refractivity contribution is -0.233. The van der Waals surface area contributed by atoms with Crippen molar-refractivity contribution in [1.29, 1.82) is 0 Å². The molecule has 1 unspecified atom stereocenters. The van der Waals surface area contributed by atoms with Crippen LogP contribution in [0.2, 0.25) is 0 Å². The fourth-order valence-electron chi connectivity index (χ4n) is 4.21.